The summed E-state index contributed by atoms with van der Waals surface area (Å²) in [6, 6.07) is 3.88. The highest BCUT2D eigenvalue weighted by molar-refractivity contribution is 7.14. The summed E-state index contributed by atoms with van der Waals surface area (Å²) >= 11 is 1.42. The van der Waals surface area contributed by atoms with Gasteiger partial charge in [0, 0.05) is 36.3 Å². The van der Waals surface area contributed by atoms with Crippen LogP contribution in [0.2, 0.25) is 0 Å². The summed E-state index contributed by atoms with van der Waals surface area (Å²) in [6.45, 7) is 1.27. The Morgan fingerprint density at radius 1 is 1.28 bits per heavy atom. The first kappa shape index (κ1) is 16.2. The van der Waals surface area contributed by atoms with E-state index in [1.165, 1.54) is 11.3 Å². The average Bonchev–Trinajstić information content (AvgIpc) is 3.39. The number of aromatic nitrogens is 2. The standard InChI is InChI=1S/C18H20N4O2S/c23-16(20-10-7-12-5-8-19-9-6-12)17-21-15-14(25-17)2-1-11-22(15)18(24)13-3-4-13/h5-6,8-9,13H,1-4,7,10-11H2,(H,20,23). The summed E-state index contributed by atoms with van der Waals surface area (Å²) in [5.74, 6) is 0.904. The Bertz CT molecular complexity index is 786. The Morgan fingerprint density at radius 3 is 2.84 bits per heavy atom. The van der Waals surface area contributed by atoms with Gasteiger partial charge in [0.05, 0.1) is 0 Å². The number of nitrogens with zero attached hydrogens (tertiary/aromatic N) is 3. The zero-order valence-electron chi connectivity index (χ0n) is 13.9. The maximum absolute atomic E-state index is 12.4. The molecule has 2 aromatic heterocycles. The molecule has 1 N–H and O–H groups in total. The number of pyridine rings is 1. The molecule has 0 bridgehead atoms. The number of anilines is 1. The molecular weight excluding hydrogens is 336 g/mol. The molecule has 1 aliphatic heterocycles. The molecule has 2 aliphatic rings. The zero-order valence-corrected chi connectivity index (χ0v) is 14.7. The number of thiazole rings is 1. The van der Waals surface area contributed by atoms with Crippen LogP contribution in [-0.4, -0.2) is 34.9 Å². The molecule has 0 atom stereocenters. The van der Waals surface area contributed by atoms with Gasteiger partial charge in [0.1, 0.15) is 5.82 Å². The Labute approximate surface area is 150 Å². The normalized spacial score (nSPS) is 16.4. The number of hydrogen-bond donors (Lipinski definition) is 1. The Kier molecular flexibility index (Phi) is 4.48. The minimum Gasteiger partial charge on any atom is -0.350 e. The number of carbonyl (C=O) groups excluding carboxylic acids is 2. The van der Waals surface area contributed by atoms with E-state index in [1.54, 1.807) is 17.3 Å². The number of fused-ring (bicyclic) bond motifs is 1. The van der Waals surface area contributed by atoms with Crippen LogP contribution in [-0.2, 0) is 17.6 Å². The van der Waals surface area contributed by atoms with Crippen LogP contribution in [0, 0.1) is 5.92 Å². The summed E-state index contributed by atoms with van der Waals surface area (Å²) in [4.78, 5) is 36.1. The lowest BCUT2D eigenvalue weighted by molar-refractivity contribution is -0.119. The first-order valence-corrected chi connectivity index (χ1v) is 9.52. The Hall–Kier alpha value is -2.28. The molecule has 130 valence electrons. The van der Waals surface area contributed by atoms with E-state index in [-0.39, 0.29) is 17.7 Å². The molecule has 25 heavy (non-hydrogen) atoms. The molecule has 2 aromatic rings. The van der Waals surface area contributed by atoms with Gasteiger partial charge in [0.25, 0.3) is 5.91 Å². The molecule has 0 saturated heterocycles. The van der Waals surface area contributed by atoms with Crippen molar-refractivity contribution in [2.24, 2.45) is 5.92 Å². The molecule has 0 spiro atoms. The molecule has 0 aromatic carbocycles. The van der Waals surface area contributed by atoms with Gasteiger partial charge in [0.15, 0.2) is 5.01 Å². The predicted molar refractivity (Wildman–Crippen MR) is 95.8 cm³/mol. The minimum atomic E-state index is -0.160. The second-order valence-corrected chi connectivity index (χ2v) is 7.58. The van der Waals surface area contributed by atoms with Crippen molar-refractivity contribution in [3.05, 3.63) is 40.0 Å². The maximum Gasteiger partial charge on any atom is 0.280 e. The zero-order chi connectivity index (χ0) is 17.2. The van der Waals surface area contributed by atoms with Crippen LogP contribution in [0.4, 0.5) is 5.82 Å². The molecule has 7 heteroatoms. The van der Waals surface area contributed by atoms with Crippen molar-refractivity contribution in [3.63, 3.8) is 0 Å². The molecule has 1 aliphatic carbocycles. The molecule has 1 saturated carbocycles. The largest absolute Gasteiger partial charge is 0.350 e. The first-order valence-electron chi connectivity index (χ1n) is 8.70. The minimum absolute atomic E-state index is 0.160. The monoisotopic (exact) mass is 356 g/mol. The van der Waals surface area contributed by atoms with Crippen molar-refractivity contribution in [2.75, 3.05) is 18.0 Å². The summed E-state index contributed by atoms with van der Waals surface area (Å²) in [6.07, 6.45) is 8.05. The summed E-state index contributed by atoms with van der Waals surface area (Å²) in [5.41, 5.74) is 1.13. The van der Waals surface area contributed by atoms with Crippen LogP contribution in [0.3, 0.4) is 0 Å². The molecule has 3 heterocycles. The van der Waals surface area contributed by atoms with Gasteiger partial charge < -0.3 is 5.32 Å². The number of amides is 2. The van der Waals surface area contributed by atoms with E-state index in [2.05, 4.69) is 15.3 Å². The topological polar surface area (TPSA) is 75.2 Å². The summed E-state index contributed by atoms with van der Waals surface area (Å²) in [7, 11) is 0. The molecule has 0 radical (unpaired) electrons. The Balaban J connectivity index is 1.41. The van der Waals surface area contributed by atoms with Gasteiger partial charge in [0.2, 0.25) is 5.91 Å². The Morgan fingerprint density at radius 2 is 2.08 bits per heavy atom. The number of rotatable bonds is 5. The van der Waals surface area contributed by atoms with E-state index in [0.717, 1.165) is 49.1 Å². The molecule has 6 nitrogen and oxygen atoms in total. The molecule has 0 unspecified atom stereocenters. The van der Waals surface area contributed by atoms with E-state index in [1.807, 2.05) is 12.1 Å². The van der Waals surface area contributed by atoms with Crippen molar-refractivity contribution in [2.45, 2.75) is 32.1 Å². The lowest BCUT2D eigenvalue weighted by Gasteiger charge is -2.25. The molecule has 1 fully saturated rings. The predicted octanol–water partition coefficient (Wildman–Crippen LogP) is 2.20. The van der Waals surface area contributed by atoms with Crippen molar-refractivity contribution in [1.29, 1.82) is 0 Å². The van der Waals surface area contributed by atoms with E-state index < -0.39 is 0 Å². The molecule has 4 rings (SSSR count). The van der Waals surface area contributed by atoms with Crippen LogP contribution in [0.5, 0.6) is 0 Å². The second kappa shape index (κ2) is 6.92. The number of aryl methyl sites for hydroxylation is 1. The van der Waals surface area contributed by atoms with E-state index in [9.17, 15) is 9.59 Å². The highest BCUT2D eigenvalue weighted by atomic mass is 32.1. The lowest BCUT2D eigenvalue weighted by atomic mass is 10.1. The van der Waals surface area contributed by atoms with Crippen LogP contribution in [0.25, 0.3) is 0 Å². The number of hydrogen-bond acceptors (Lipinski definition) is 5. The highest BCUT2D eigenvalue weighted by Gasteiger charge is 2.37. The first-order chi connectivity index (χ1) is 12.2. The van der Waals surface area contributed by atoms with Gasteiger partial charge in [-0.3, -0.25) is 19.5 Å². The van der Waals surface area contributed by atoms with E-state index >= 15 is 0 Å². The number of nitrogens with one attached hydrogen (secondary N) is 1. The quantitative estimate of drug-likeness (QED) is 0.891. The molecule has 2 amide bonds. The SMILES string of the molecule is O=C(NCCc1ccncc1)c1nc2c(s1)CCCN2C(=O)C1CC1. The van der Waals surface area contributed by atoms with Crippen molar-refractivity contribution in [3.8, 4) is 0 Å². The van der Waals surface area contributed by atoms with Gasteiger partial charge in [-0.25, -0.2) is 4.98 Å². The lowest BCUT2D eigenvalue weighted by Crippen LogP contribution is -2.36. The van der Waals surface area contributed by atoms with Gasteiger partial charge in [-0.05, 0) is 49.8 Å². The van der Waals surface area contributed by atoms with Crippen LogP contribution in [0.1, 0.15) is 39.5 Å². The van der Waals surface area contributed by atoms with Gasteiger partial charge in [-0.1, -0.05) is 0 Å². The highest BCUT2D eigenvalue weighted by Crippen LogP contribution is 2.37. The van der Waals surface area contributed by atoms with E-state index in [0.29, 0.717) is 17.4 Å². The van der Waals surface area contributed by atoms with Gasteiger partial charge in [-0.15, -0.1) is 11.3 Å². The maximum atomic E-state index is 12.4. The molecular formula is C18H20N4O2S. The van der Waals surface area contributed by atoms with Crippen LogP contribution in [0.15, 0.2) is 24.5 Å². The third-order valence-electron chi connectivity index (χ3n) is 4.55. The average molecular weight is 356 g/mol. The smallest absolute Gasteiger partial charge is 0.280 e. The van der Waals surface area contributed by atoms with Gasteiger partial charge in [-0.2, -0.15) is 0 Å². The van der Waals surface area contributed by atoms with Crippen molar-refractivity contribution >= 4 is 29.0 Å². The fourth-order valence-corrected chi connectivity index (χ4v) is 4.05. The van der Waals surface area contributed by atoms with E-state index in [4.69, 9.17) is 0 Å². The van der Waals surface area contributed by atoms with Crippen LogP contribution < -0.4 is 10.2 Å². The fourth-order valence-electron chi connectivity index (χ4n) is 3.03. The summed E-state index contributed by atoms with van der Waals surface area (Å²) in [5, 5.41) is 3.37. The number of carbonyl (C=O) groups is 2. The second-order valence-electron chi connectivity index (χ2n) is 6.49. The third-order valence-corrected chi connectivity index (χ3v) is 5.66. The van der Waals surface area contributed by atoms with Gasteiger partial charge >= 0.3 is 0 Å². The van der Waals surface area contributed by atoms with Crippen LogP contribution >= 0.6 is 11.3 Å². The fraction of sp³-hybridized carbons (Fsp3) is 0.444. The summed E-state index contributed by atoms with van der Waals surface area (Å²) < 4.78 is 0. The van der Waals surface area contributed by atoms with Crippen molar-refractivity contribution in [1.82, 2.24) is 15.3 Å². The third kappa shape index (κ3) is 3.56. The van der Waals surface area contributed by atoms with Crippen molar-refractivity contribution < 1.29 is 9.59 Å².